The van der Waals surface area contributed by atoms with Crippen molar-refractivity contribution in [2.45, 2.75) is 0 Å². The van der Waals surface area contributed by atoms with Crippen molar-refractivity contribution in [3.63, 3.8) is 0 Å². The van der Waals surface area contributed by atoms with Crippen molar-refractivity contribution < 1.29 is 4.39 Å². The summed E-state index contributed by atoms with van der Waals surface area (Å²) < 4.78 is 12.9. The first kappa shape index (κ1) is 12.4. The van der Waals surface area contributed by atoms with Gasteiger partial charge in [0.15, 0.2) is 0 Å². The molecule has 1 aromatic heterocycles. The van der Waals surface area contributed by atoms with Gasteiger partial charge in [0.05, 0.1) is 16.2 Å². The van der Waals surface area contributed by atoms with Crippen LogP contribution in [0.2, 0.25) is 10.0 Å². The number of hydrogen-bond donors (Lipinski definition) is 0. The number of pyridine rings is 1. The van der Waals surface area contributed by atoms with E-state index in [0.717, 1.165) is 16.5 Å². The van der Waals surface area contributed by atoms with E-state index in [1.165, 1.54) is 12.1 Å². The molecular weight excluding hydrogens is 284 g/mol. The normalized spacial score (nSPS) is 10.9. The number of benzene rings is 2. The summed E-state index contributed by atoms with van der Waals surface area (Å²) in [5.41, 5.74) is 2.29. The number of fused-ring (bicyclic) bond motifs is 1. The molecule has 0 radical (unpaired) electrons. The van der Waals surface area contributed by atoms with Crippen LogP contribution >= 0.6 is 23.2 Å². The molecule has 0 saturated heterocycles. The standard InChI is InChI=1S/C15H8Cl2FN/c16-10-3-6-14-12(7-10)13(17)8-15(19-14)9-1-4-11(18)5-2-9/h1-8H. The Kier molecular flexibility index (Phi) is 3.13. The van der Waals surface area contributed by atoms with Crippen LogP contribution in [0.1, 0.15) is 0 Å². The number of aromatic nitrogens is 1. The fourth-order valence-corrected chi connectivity index (χ4v) is 2.35. The zero-order chi connectivity index (χ0) is 13.4. The van der Waals surface area contributed by atoms with Crippen LogP contribution in [0.3, 0.4) is 0 Å². The third-order valence-corrected chi connectivity index (χ3v) is 3.41. The monoisotopic (exact) mass is 291 g/mol. The molecule has 19 heavy (non-hydrogen) atoms. The summed E-state index contributed by atoms with van der Waals surface area (Å²) in [5.74, 6) is -0.276. The van der Waals surface area contributed by atoms with E-state index in [1.807, 2.05) is 6.07 Å². The number of rotatable bonds is 1. The third-order valence-electron chi connectivity index (χ3n) is 2.86. The fourth-order valence-electron chi connectivity index (χ4n) is 1.93. The lowest BCUT2D eigenvalue weighted by Crippen LogP contribution is -1.87. The zero-order valence-corrected chi connectivity index (χ0v) is 11.2. The van der Waals surface area contributed by atoms with Gasteiger partial charge in [-0.3, -0.25) is 0 Å². The average Bonchev–Trinajstić information content (AvgIpc) is 2.40. The summed E-state index contributed by atoms with van der Waals surface area (Å²) in [5, 5.41) is 2.00. The van der Waals surface area contributed by atoms with Crippen molar-refractivity contribution in [2.24, 2.45) is 0 Å². The number of halogens is 3. The van der Waals surface area contributed by atoms with Crippen molar-refractivity contribution in [1.29, 1.82) is 0 Å². The maximum atomic E-state index is 12.9. The van der Waals surface area contributed by atoms with E-state index in [-0.39, 0.29) is 5.82 Å². The minimum atomic E-state index is -0.276. The van der Waals surface area contributed by atoms with Gasteiger partial charge in [-0.25, -0.2) is 9.37 Å². The van der Waals surface area contributed by atoms with Gasteiger partial charge in [-0.1, -0.05) is 23.2 Å². The van der Waals surface area contributed by atoms with E-state index in [2.05, 4.69) is 4.98 Å². The SMILES string of the molecule is Fc1ccc(-c2cc(Cl)c3cc(Cl)ccc3n2)cc1. The summed E-state index contributed by atoms with van der Waals surface area (Å²) in [7, 11) is 0. The molecule has 0 aliphatic carbocycles. The molecule has 0 amide bonds. The van der Waals surface area contributed by atoms with Crippen molar-refractivity contribution in [1.82, 2.24) is 4.98 Å². The molecule has 3 rings (SSSR count). The summed E-state index contributed by atoms with van der Waals surface area (Å²) >= 11 is 12.2. The molecular formula is C15H8Cl2FN. The van der Waals surface area contributed by atoms with Crippen molar-refractivity contribution in [3.8, 4) is 11.3 Å². The van der Waals surface area contributed by atoms with Crippen molar-refractivity contribution in [2.75, 3.05) is 0 Å². The first-order chi connectivity index (χ1) is 9.13. The Bertz CT molecular complexity index is 754. The van der Waals surface area contributed by atoms with Gasteiger partial charge in [-0.15, -0.1) is 0 Å². The first-order valence-electron chi connectivity index (χ1n) is 5.65. The molecule has 0 atom stereocenters. The minimum Gasteiger partial charge on any atom is -0.248 e. The maximum absolute atomic E-state index is 12.9. The van der Waals surface area contributed by atoms with Crippen LogP contribution in [0.4, 0.5) is 4.39 Å². The highest BCUT2D eigenvalue weighted by Gasteiger charge is 2.07. The third kappa shape index (κ3) is 2.42. The summed E-state index contributed by atoms with van der Waals surface area (Å²) in [6.45, 7) is 0. The lowest BCUT2D eigenvalue weighted by molar-refractivity contribution is 0.628. The van der Waals surface area contributed by atoms with E-state index in [9.17, 15) is 4.39 Å². The smallest absolute Gasteiger partial charge is 0.123 e. The number of hydrogen-bond acceptors (Lipinski definition) is 1. The second-order valence-corrected chi connectivity index (χ2v) is 5.00. The van der Waals surface area contributed by atoms with Crippen LogP contribution in [0.25, 0.3) is 22.2 Å². The van der Waals surface area contributed by atoms with Crippen molar-refractivity contribution >= 4 is 34.1 Å². The molecule has 3 aromatic rings. The molecule has 0 spiro atoms. The van der Waals surface area contributed by atoms with Gasteiger partial charge in [0.2, 0.25) is 0 Å². The molecule has 0 N–H and O–H groups in total. The number of nitrogens with zero attached hydrogens (tertiary/aromatic N) is 1. The van der Waals surface area contributed by atoms with E-state index >= 15 is 0 Å². The minimum absolute atomic E-state index is 0.276. The van der Waals surface area contributed by atoms with E-state index in [0.29, 0.717) is 15.7 Å². The van der Waals surface area contributed by atoms with E-state index < -0.39 is 0 Å². The van der Waals surface area contributed by atoms with E-state index in [1.54, 1.807) is 30.3 Å². The van der Waals surface area contributed by atoms with Crippen LogP contribution in [-0.2, 0) is 0 Å². The Labute approximate surface area is 119 Å². The van der Waals surface area contributed by atoms with Crippen molar-refractivity contribution in [3.05, 3.63) is 64.4 Å². The van der Waals surface area contributed by atoms with Gasteiger partial charge in [-0.2, -0.15) is 0 Å². The molecule has 2 aromatic carbocycles. The van der Waals surface area contributed by atoms with Gasteiger partial charge in [0.1, 0.15) is 5.82 Å². The molecule has 4 heteroatoms. The predicted molar refractivity (Wildman–Crippen MR) is 77.2 cm³/mol. The maximum Gasteiger partial charge on any atom is 0.123 e. The van der Waals surface area contributed by atoms with Crippen LogP contribution in [0.5, 0.6) is 0 Å². The molecule has 0 fully saturated rings. The summed E-state index contributed by atoms with van der Waals surface area (Å²) in [6.07, 6.45) is 0. The van der Waals surface area contributed by atoms with Crippen LogP contribution in [0.15, 0.2) is 48.5 Å². The Morgan fingerprint density at radius 1 is 0.895 bits per heavy atom. The Balaban J connectivity index is 2.20. The predicted octanol–water partition coefficient (Wildman–Crippen LogP) is 5.35. The molecule has 0 aliphatic heterocycles. The Hall–Kier alpha value is -1.64. The lowest BCUT2D eigenvalue weighted by atomic mass is 10.1. The molecule has 0 unspecified atom stereocenters. The summed E-state index contributed by atoms with van der Waals surface area (Å²) in [4.78, 5) is 4.51. The first-order valence-corrected chi connectivity index (χ1v) is 6.41. The van der Waals surface area contributed by atoms with Gasteiger partial charge in [-0.05, 0) is 48.5 Å². The molecule has 94 valence electrons. The van der Waals surface area contributed by atoms with Crippen LogP contribution in [-0.4, -0.2) is 4.98 Å². The Morgan fingerprint density at radius 2 is 1.63 bits per heavy atom. The lowest BCUT2D eigenvalue weighted by Gasteiger charge is -2.06. The second-order valence-electron chi connectivity index (χ2n) is 4.16. The highest BCUT2D eigenvalue weighted by molar-refractivity contribution is 6.37. The largest absolute Gasteiger partial charge is 0.248 e. The van der Waals surface area contributed by atoms with Crippen LogP contribution < -0.4 is 0 Å². The molecule has 1 heterocycles. The fraction of sp³-hybridized carbons (Fsp3) is 0. The molecule has 1 nitrogen and oxygen atoms in total. The van der Waals surface area contributed by atoms with Gasteiger partial charge < -0.3 is 0 Å². The second kappa shape index (κ2) is 4.80. The van der Waals surface area contributed by atoms with E-state index in [4.69, 9.17) is 23.2 Å². The van der Waals surface area contributed by atoms with Crippen LogP contribution in [0, 0.1) is 5.82 Å². The molecule has 0 bridgehead atoms. The molecule has 0 saturated carbocycles. The Morgan fingerprint density at radius 3 is 2.37 bits per heavy atom. The highest BCUT2D eigenvalue weighted by atomic mass is 35.5. The summed E-state index contributed by atoms with van der Waals surface area (Å²) in [6, 6.07) is 13.3. The van der Waals surface area contributed by atoms with Gasteiger partial charge >= 0.3 is 0 Å². The van der Waals surface area contributed by atoms with Gasteiger partial charge in [0.25, 0.3) is 0 Å². The quantitative estimate of drug-likeness (QED) is 0.589. The van der Waals surface area contributed by atoms with Gasteiger partial charge in [0, 0.05) is 16.0 Å². The zero-order valence-electron chi connectivity index (χ0n) is 9.70. The average molecular weight is 292 g/mol. The molecule has 0 aliphatic rings. The topological polar surface area (TPSA) is 12.9 Å². The highest BCUT2D eigenvalue weighted by Crippen LogP contribution is 2.29.